The molecule has 1 aromatic carbocycles. The van der Waals surface area contributed by atoms with Crippen molar-refractivity contribution in [3.8, 4) is 11.3 Å². The molecule has 70 valence electrons. The van der Waals surface area contributed by atoms with Crippen LogP contribution in [-0.4, -0.2) is 20.0 Å². The highest BCUT2D eigenvalue weighted by atomic mass is 32.2. The Bertz CT molecular complexity index is 453. The summed E-state index contributed by atoms with van der Waals surface area (Å²) >= 11 is 0. The van der Waals surface area contributed by atoms with E-state index in [0.29, 0.717) is 5.69 Å². The van der Waals surface area contributed by atoms with E-state index in [4.69, 9.17) is 5.11 Å². The first-order chi connectivity index (χ1) is 6.77. The molecule has 1 N–H and O–H groups in total. The first-order valence-corrected chi connectivity index (χ1v) is 5.17. The maximum absolute atomic E-state index is 10.6. The fraction of sp³-hybridized carbons (Fsp3) is 0. The number of aromatic nitrogens is 2. The molecule has 5 heteroatoms. The summed E-state index contributed by atoms with van der Waals surface area (Å²) in [7, 11) is -1.10. The number of hydrogen-bond acceptors (Lipinski definition) is 3. The molecule has 1 heterocycles. The Morgan fingerprint density at radius 1 is 1.29 bits per heavy atom. The molecule has 1 unspecified atom stereocenters. The van der Waals surface area contributed by atoms with Crippen molar-refractivity contribution in [2.75, 3.05) is 0 Å². The molecule has 0 saturated carbocycles. The van der Waals surface area contributed by atoms with Crippen LogP contribution in [0.15, 0.2) is 35.7 Å². The van der Waals surface area contributed by atoms with Crippen molar-refractivity contribution in [2.45, 2.75) is 0 Å². The van der Waals surface area contributed by atoms with E-state index in [0.717, 1.165) is 5.56 Å². The lowest BCUT2D eigenvalue weighted by Crippen LogP contribution is -1.82. The number of nitrogens with zero attached hydrogens (tertiary/aromatic N) is 2. The fourth-order valence-corrected chi connectivity index (χ4v) is 1.85. The Morgan fingerprint density at radius 3 is 2.57 bits per heavy atom. The van der Waals surface area contributed by atoms with Crippen molar-refractivity contribution >= 4 is 16.0 Å². The molecule has 0 aliphatic heterocycles. The van der Waals surface area contributed by atoms with E-state index < -0.39 is 16.0 Å². The Hall–Kier alpha value is -1.75. The molecule has 0 aliphatic rings. The van der Waals surface area contributed by atoms with Crippen LogP contribution in [0.2, 0.25) is 0 Å². The van der Waals surface area contributed by atoms with Crippen LogP contribution in [0.3, 0.4) is 0 Å². The van der Waals surface area contributed by atoms with E-state index in [1.165, 1.54) is 0 Å². The summed E-state index contributed by atoms with van der Waals surface area (Å²) in [6.45, 7) is 0. The van der Waals surface area contributed by atoms with Gasteiger partial charge in [0, 0.05) is 5.56 Å². The van der Waals surface area contributed by atoms with Crippen LogP contribution in [0, 0.1) is 0 Å². The SMILES string of the molecule is O=C(O)[s+]1cc(-c2ccccc2)nn1. The molecule has 0 bridgehead atoms. The summed E-state index contributed by atoms with van der Waals surface area (Å²) in [4.78, 5) is 10.6. The number of benzene rings is 1. The van der Waals surface area contributed by atoms with E-state index in [9.17, 15) is 4.79 Å². The van der Waals surface area contributed by atoms with Gasteiger partial charge in [0.1, 0.15) is 0 Å². The summed E-state index contributed by atoms with van der Waals surface area (Å²) < 4.78 is 3.65. The maximum Gasteiger partial charge on any atom is 0.578 e. The highest BCUT2D eigenvalue weighted by Crippen LogP contribution is 2.22. The van der Waals surface area contributed by atoms with Gasteiger partial charge < -0.3 is 5.11 Å². The van der Waals surface area contributed by atoms with Crippen molar-refractivity contribution < 1.29 is 9.90 Å². The smallest absolute Gasteiger partial charge is 0.435 e. The summed E-state index contributed by atoms with van der Waals surface area (Å²) in [5, 5.41) is 13.1. The van der Waals surface area contributed by atoms with Crippen LogP contribution in [0.25, 0.3) is 11.3 Å². The second-order valence-electron chi connectivity index (χ2n) is 2.63. The molecule has 0 saturated heterocycles. The van der Waals surface area contributed by atoms with E-state index in [1.54, 1.807) is 5.38 Å². The Kier molecular flexibility index (Phi) is 2.24. The average Bonchev–Trinajstić information content (AvgIpc) is 2.68. The lowest BCUT2D eigenvalue weighted by atomic mass is 10.2. The highest BCUT2D eigenvalue weighted by Gasteiger charge is 2.21. The number of rotatable bonds is 2. The average molecular weight is 207 g/mol. The standard InChI is InChI=1S/C9H6N2O2S/c12-9(13)14-6-8(10-11-14)7-4-2-1-3-5-7/h1-6H/p+1. The Morgan fingerprint density at radius 2 is 2.00 bits per heavy atom. The van der Waals surface area contributed by atoms with Crippen molar-refractivity contribution in [1.82, 2.24) is 9.59 Å². The van der Waals surface area contributed by atoms with Crippen LogP contribution in [0.4, 0.5) is 4.79 Å². The van der Waals surface area contributed by atoms with E-state index in [1.807, 2.05) is 30.3 Å². The molecule has 0 spiro atoms. The van der Waals surface area contributed by atoms with Crippen molar-refractivity contribution in [2.24, 2.45) is 0 Å². The van der Waals surface area contributed by atoms with Gasteiger partial charge in [-0.3, -0.25) is 0 Å². The minimum atomic E-state index is -1.10. The van der Waals surface area contributed by atoms with E-state index in [-0.39, 0.29) is 0 Å². The number of hydrogen-bond donors (Lipinski definition) is 1. The quantitative estimate of drug-likeness (QED) is 0.768. The molecular weight excluding hydrogens is 200 g/mol. The van der Waals surface area contributed by atoms with Gasteiger partial charge in [0.25, 0.3) is 0 Å². The van der Waals surface area contributed by atoms with Gasteiger partial charge in [-0.1, -0.05) is 35.4 Å². The Labute approximate surface area is 83.0 Å². The summed E-state index contributed by atoms with van der Waals surface area (Å²) in [5.74, 6) is 0. The topological polar surface area (TPSA) is 63.1 Å². The first-order valence-electron chi connectivity index (χ1n) is 3.92. The molecular formula is C9H7N2O2S+. The summed E-state index contributed by atoms with van der Waals surface area (Å²) in [5.41, 5.74) is 1.53. The third-order valence-electron chi connectivity index (χ3n) is 1.71. The minimum Gasteiger partial charge on any atom is -0.435 e. The molecule has 1 aromatic heterocycles. The molecule has 14 heavy (non-hydrogen) atoms. The molecule has 0 aliphatic carbocycles. The monoisotopic (exact) mass is 207 g/mol. The summed E-state index contributed by atoms with van der Waals surface area (Å²) in [6.07, 6.45) is 0. The van der Waals surface area contributed by atoms with Gasteiger partial charge in [0.05, 0.1) is 4.49 Å². The van der Waals surface area contributed by atoms with Gasteiger partial charge in [0.2, 0.25) is 16.0 Å². The maximum atomic E-state index is 10.6. The normalized spacial score (nSPS) is 11.3. The predicted molar refractivity (Wildman–Crippen MR) is 53.4 cm³/mol. The van der Waals surface area contributed by atoms with Gasteiger partial charge >= 0.3 is 5.30 Å². The third-order valence-corrected chi connectivity index (χ3v) is 2.77. The molecule has 2 aromatic rings. The lowest BCUT2D eigenvalue weighted by molar-refractivity contribution is 0.221. The first kappa shape index (κ1) is 8.83. The van der Waals surface area contributed by atoms with E-state index in [2.05, 4.69) is 9.59 Å². The van der Waals surface area contributed by atoms with Gasteiger partial charge in [-0.05, 0) is 0 Å². The molecule has 0 fully saturated rings. The molecule has 0 amide bonds. The predicted octanol–water partition coefficient (Wildman–Crippen LogP) is 2.42. The zero-order chi connectivity index (χ0) is 9.97. The number of carbonyl (C=O) groups is 1. The van der Waals surface area contributed by atoms with Crippen molar-refractivity contribution in [1.29, 1.82) is 0 Å². The molecule has 4 nitrogen and oxygen atoms in total. The van der Waals surface area contributed by atoms with Crippen LogP contribution >= 0.6 is 10.7 Å². The molecule has 2 rings (SSSR count). The highest BCUT2D eigenvalue weighted by molar-refractivity contribution is 7.45. The largest absolute Gasteiger partial charge is 0.578 e. The summed E-state index contributed by atoms with van der Waals surface area (Å²) in [6, 6.07) is 9.40. The zero-order valence-corrected chi connectivity index (χ0v) is 7.94. The number of carboxylic acid groups (broad SMARTS) is 1. The van der Waals surface area contributed by atoms with Gasteiger partial charge in [-0.2, -0.15) is 4.79 Å². The third kappa shape index (κ3) is 1.62. The minimum absolute atomic E-state index is 0.635. The molecule has 0 radical (unpaired) electrons. The second kappa shape index (κ2) is 3.55. The van der Waals surface area contributed by atoms with Crippen LogP contribution in [-0.2, 0) is 0 Å². The van der Waals surface area contributed by atoms with Crippen LogP contribution in [0.1, 0.15) is 0 Å². The lowest BCUT2D eigenvalue weighted by Gasteiger charge is -1.89. The van der Waals surface area contributed by atoms with Gasteiger partial charge in [-0.25, -0.2) is 0 Å². The van der Waals surface area contributed by atoms with Gasteiger partial charge in [-0.15, -0.1) is 0 Å². The second-order valence-corrected chi connectivity index (χ2v) is 4.01. The van der Waals surface area contributed by atoms with Gasteiger partial charge in [0.15, 0.2) is 5.69 Å². The van der Waals surface area contributed by atoms with Crippen LogP contribution < -0.4 is 0 Å². The zero-order valence-electron chi connectivity index (χ0n) is 7.12. The Balaban J connectivity index is 2.39. The van der Waals surface area contributed by atoms with E-state index >= 15 is 0 Å². The molecule has 1 atom stereocenters. The van der Waals surface area contributed by atoms with Crippen LogP contribution in [0.5, 0.6) is 0 Å². The van der Waals surface area contributed by atoms with Crippen molar-refractivity contribution in [3.63, 3.8) is 0 Å². The van der Waals surface area contributed by atoms with Crippen molar-refractivity contribution in [3.05, 3.63) is 35.7 Å². The fourth-order valence-electron chi connectivity index (χ4n) is 1.06.